The molecule has 0 aliphatic heterocycles. The molecule has 0 amide bonds. The van der Waals surface area contributed by atoms with E-state index >= 15 is 0 Å². The minimum atomic E-state index is 0.0370. The second kappa shape index (κ2) is 5.95. The number of nitrogens with one attached hydrogen (secondary N) is 1. The van der Waals surface area contributed by atoms with Gasteiger partial charge in [0.25, 0.3) is 0 Å². The predicted molar refractivity (Wildman–Crippen MR) is 70.3 cm³/mol. The Hall–Kier alpha value is -1.43. The molecule has 5 nitrogen and oxygen atoms in total. The molecule has 0 unspecified atom stereocenters. The predicted octanol–water partition coefficient (Wildman–Crippen LogP) is 3.07. The maximum Gasteiger partial charge on any atom is 0.245 e. The van der Waals surface area contributed by atoms with Crippen molar-refractivity contribution < 1.29 is 4.74 Å². The van der Waals surface area contributed by atoms with Crippen molar-refractivity contribution in [1.29, 1.82) is 0 Å². The van der Waals surface area contributed by atoms with Crippen LogP contribution in [0.2, 0.25) is 10.4 Å². The van der Waals surface area contributed by atoms with E-state index in [-0.39, 0.29) is 10.4 Å². The van der Waals surface area contributed by atoms with Gasteiger partial charge in [-0.2, -0.15) is 4.98 Å². The van der Waals surface area contributed by atoms with Gasteiger partial charge >= 0.3 is 0 Å². The Balaban J connectivity index is 2.22. The highest BCUT2D eigenvalue weighted by Gasteiger charge is 2.06. The Morgan fingerprint density at radius 3 is 2.89 bits per heavy atom. The molecule has 0 fully saturated rings. The highest BCUT2D eigenvalue weighted by molar-refractivity contribution is 6.32. The number of benzene rings is 1. The van der Waals surface area contributed by atoms with Crippen molar-refractivity contribution >= 4 is 34.7 Å². The molecule has 1 heterocycles. The molecule has 0 aliphatic rings. The largest absolute Gasteiger partial charge is 0.380 e. The molecule has 1 N–H and O–H groups in total. The molecule has 0 saturated carbocycles. The number of halogens is 2. The van der Waals surface area contributed by atoms with Gasteiger partial charge in [-0.05, 0) is 29.3 Å². The smallest absolute Gasteiger partial charge is 0.245 e. The van der Waals surface area contributed by atoms with Gasteiger partial charge in [0.15, 0.2) is 11.0 Å². The number of anilines is 2. The molecule has 1 aromatic heterocycles. The molecule has 0 aliphatic carbocycles. The van der Waals surface area contributed by atoms with E-state index in [1.165, 1.54) is 0 Å². The summed E-state index contributed by atoms with van der Waals surface area (Å²) in [5.41, 5.74) is 1.86. The third-order valence-corrected chi connectivity index (χ3v) is 2.54. The minimum absolute atomic E-state index is 0.0370. The van der Waals surface area contributed by atoms with Crippen LogP contribution in [0.4, 0.5) is 11.5 Å². The first kappa shape index (κ1) is 13.0. The zero-order chi connectivity index (χ0) is 13.0. The second-order valence-electron chi connectivity index (χ2n) is 3.48. The highest BCUT2D eigenvalue weighted by Crippen LogP contribution is 2.22. The average molecular weight is 285 g/mol. The summed E-state index contributed by atoms with van der Waals surface area (Å²) in [5, 5.41) is 10.4. The van der Waals surface area contributed by atoms with Crippen LogP contribution in [0.3, 0.4) is 0 Å². The summed E-state index contributed by atoms with van der Waals surface area (Å²) in [6, 6.07) is 7.67. The third-order valence-electron chi connectivity index (χ3n) is 2.12. The molecule has 0 atom stereocenters. The summed E-state index contributed by atoms with van der Waals surface area (Å²) in [5.74, 6) is 0.367. The number of ether oxygens (including phenoxy) is 1. The molecule has 0 spiro atoms. The van der Waals surface area contributed by atoms with Crippen LogP contribution in [0.25, 0.3) is 0 Å². The lowest BCUT2D eigenvalue weighted by Gasteiger charge is -2.08. The van der Waals surface area contributed by atoms with Gasteiger partial charge in [0, 0.05) is 12.8 Å². The fourth-order valence-corrected chi connectivity index (χ4v) is 1.66. The van der Waals surface area contributed by atoms with Gasteiger partial charge in [0.2, 0.25) is 5.28 Å². The van der Waals surface area contributed by atoms with Crippen molar-refractivity contribution in [3.63, 3.8) is 0 Å². The standard InChI is InChI=1S/C11H10Cl2N4O/c1-18-6-7-3-2-4-8(5-7)14-10-9(12)16-17-11(13)15-10/h2-5H,6H2,1H3,(H,14,15,17). The number of rotatable bonds is 4. The Morgan fingerprint density at radius 2 is 2.11 bits per heavy atom. The average Bonchev–Trinajstić information content (AvgIpc) is 2.35. The molecule has 18 heavy (non-hydrogen) atoms. The lowest BCUT2D eigenvalue weighted by molar-refractivity contribution is 0.185. The van der Waals surface area contributed by atoms with E-state index in [0.717, 1.165) is 11.3 Å². The first-order valence-corrected chi connectivity index (χ1v) is 5.85. The Morgan fingerprint density at radius 1 is 1.28 bits per heavy atom. The van der Waals surface area contributed by atoms with E-state index in [0.29, 0.717) is 12.4 Å². The van der Waals surface area contributed by atoms with Crippen molar-refractivity contribution in [3.8, 4) is 0 Å². The van der Waals surface area contributed by atoms with E-state index in [9.17, 15) is 0 Å². The molecule has 1 aromatic carbocycles. The van der Waals surface area contributed by atoms with Gasteiger partial charge in [-0.15, -0.1) is 10.2 Å². The van der Waals surface area contributed by atoms with Gasteiger partial charge < -0.3 is 10.1 Å². The van der Waals surface area contributed by atoms with E-state index in [4.69, 9.17) is 27.9 Å². The number of hydrogen-bond donors (Lipinski definition) is 1. The maximum absolute atomic E-state index is 5.87. The Kier molecular flexibility index (Phi) is 4.30. The van der Waals surface area contributed by atoms with Crippen molar-refractivity contribution in [2.45, 2.75) is 6.61 Å². The van der Waals surface area contributed by atoms with Crippen LogP contribution >= 0.6 is 23.2 Å². The molecule has 0 radical (unpaired) electrons. The molecule has 94 valence electrons. The van der Waals surface area contributed by atoms with Crippen LogP contribution in [0, 0.1) is 0 Å². The summed E-state index contributed by atoms with van der Waals surface area (Å²) in [7, 11) is 1.64. The van der Waals surface area contributed by atoms with Crippen LogP contribution < -0.4 is 5.32 Å². The quantitative estimate of drug-likeness (QED) is 0.935. The molecular formula is C11H10Cl2N4O. The van der Waals surface area contributed by atoms with Crippen LogP contribution in [-0.2, 0) is 11.3 Å². The molecule has 7 heteroatoms. The van der Waals surface area contributed by atoms with Gasteiger partial charge in [-0.3, -0.25) is 0 Å². The van der Waals surface area contributed by atoms with Crippen molar-refractivity contribution in [1.82, 2.24) is 15.2 Å². The van der Waals surface area contributed by atoms with Crippen molar-refractivity contribution in [3.05, 3.63) is 40.3 Å². The van der Waals surface area contributed by atoms with E-state index < -0.39 is 0 Å². The van der Waals surface area contributed by atoms with E-state index in [2.05, 4.69) is 20.5 Å². The maximum atomic E-state index is 5.87. The second-order valence-corrected chi connectivity index (χ2v) is 4.17. The molecular weight excluding hydrogens is 275 g/mol. The Labute approximate surface area is 114 Å². The fourth-order valence-electron chi connectivity index (χ4n) is 1.42. The van der Waals surface area contributed by atoms with Crippen molar-refractivity contribution in [2.75, 3.05) is 12.4 Å². The summed E-state index contributed by atoms with van der Waals surface area (Å²) >= 11 is 11.5. The van der Waals surface area contributed by atoms with Crippen molar-refractivity contribution in [2.24, 2.45) is 0 Å². The SMILES string of the molecule is COCc1cccc(Nc2nc(Cl)nnc2Cl)c1. The molecule has 2 aromatic rings. The minimum Gasteiger partial charge on any atom is -0.380 e. The summed E-state index contributed by atoms with van der Waals surface area (Å²) < 4.78 is 5.06. The summed E-state index contributed by atoms with van der Waals surface area (Å²) in [4.78, 5) is 3.96. The van der Waals surface area contributed by atoms with Gasteiger partial charge in [0.1, 0.15) is 0 Å². The Bertz CT molecular complexity index is 550. The monoisotopic (exact) mass is 284 g/mol. The number of hydrogen-bond acceptors (Lipinski definition) is 5. The number of nitrogens with zero attached hydrogens (tertiary/aromatic N) is 3. The van der Waals surface area contributed by atoms with Crippen LogP contribution in [0.5, 0.6) is 0 Å². The summed E-state index contributed by atoms with van der Waals surface area (Å²) in [6.45, 7) is 0.534. The normalized spacial score (nSPS) is 10.4. The summed E-state index contributed by atoms with van der Waals surface area (Å²) in [6.07, 6.45) is 0. The lowest BCUT2D eigenvalue weighted by atomic mass is 10.2. The van der Waals surface area contributed by atoms with Crippen LogP contribution in [0.15, 0.2) is 24.3 Å². The van der Waals surface area contributed by atoms with E-state index in [1.54, 1.807) is 7.11 Å². The van der Waals surface area contributed by atoms with Gasteiger partial charge in [-0.25, -0.2) is 0 Å². The van der Waals surface area contributed by atoms with Crippen LogP contribution in [0.1, 0.15) is 5.56 Å². The lowest BCUT2D eigenvalue weighted by Crippen LogP contribution is -1.99. The first-order valence-electron chi connectivity index (χ1n) is 5.09. The molecule has 2 rings (SSSR count). The van der Waals surface area contributed by atoms with Gasteiger partial charge in [-0.1, -0.05) is 23.7 Å². The zero-order valence-electron chi connectivity index (χ0n) is 9.52. The van der Waals surface area contributed by atoms with Crippen LogP contribution in [-0.4, -0.2) is 22.3 Å². The topological polar surface area (TPSA) is 59.9 Å². The third kappa shape index (κ3) is 3.29. The fraction of sp³-hybridized carbons (Fsp3) is 0.182. The number of aromatic nitrogens is 3. The highest BCUT2D eigenvalue weighted by atomic mass is 35.5. The molecule has 0 bridgehead atoms. The molecule has 0 saturated heterocycles. The first-order chi connectivity index (χ1) is 8.69. The van der Waals surface area contributed by atoms with E-state index in [1.807, 2.05) is 24.3 Å². The zero-order valence-corrected chi connectivity index (χ0v) is 11.0. The van der Waals surface area contributed by atoms with Gasteiger partial charge in [0.05, 0.1) is 6.61 Å². The number of methoxy groups -OCH3 is 1.